The summed E-state index contributed by atoms with van der Waals surface area (Å²) in [5, 5.41) is 9.67. The molecule has 0 aliphatic rings. The Balaban J connectivity index is 2.73. The van der Waals surface area contributed by atoms with E-state index >= 15 is 0 Å². The summed E-state index contributed by atoms with van der Waals surface area (Å²) in [6, 6.07) is 9.20. The number of rotatable bonds is 5. The lowest BCUT2D eigenvalue weighted by atomic mass is 10.2. The molecule has 0 bridgehead atoms. The van der Waals surface area contributed by atoms with Gasteiger partial charge in [-0.3, -0.25) is 4.90 Å². The van der Waals surface area contributed by atoms with Gasteiger partial charge in [0.15, 0.2) is 0 Å². The molecule has 1 aromatic rings. The number of hydrogen-bond acceptors (Lipinski definition) is 2. The summed E-state index contributed by atoms with van der Waals surface area (Å²) in [5.74, 6) is 0. The molecule has 0 heterocycles. The Kier molecular flexibility index (Phi) is 4.79. The highest BCUT2D eigenvalue weighted by atomic mass is 16.3. The first-order chi connectivity index (χ1) is 7.65. The third kappa shape index (κ3) is 3.55. The summed E-state index contributed by atoms with van der Waals surface area (Å²) in [7, 11) is 0. The number of hydrogen-bond donors (Lipinski definition) is 2. The van der Waals surface area contributed by atoms with E-state index in [2.05, 4.69) is 6.07 Å². The van der Waals surface area contributed by atoms with Crippen molar-refractivity contribution in [3.8, 4) is 0 Å². The predicted molar refractivity (Wildman–Crippen MR) is 63.1 cm³/mol. The molecule has 0 aliphatic carbocycles. The minimum Gasteiger partial charge on any atom is -0.391 e. The van der Waals surface area contributed by atoms with Gasteiger partial charge in [0.1, 0.15) is 0 Å². The Morgan fingerprint density at radius 1 is 1.56 bits per heavy atom. The number of benzene rings is 1. The van der Waals surface area contributed by atoms with Crippen molar-refractivity contribution in [3.63, 3.8) is 0 Å². The van der Waals surface area contributed by atoms with Gasteiger partial charge in [-0.2, -0.15) is 0 Å². The molecule has 0 saturated carbocycles. The molecule has 4 nitrogen and oxygen atoms in total. The van der Waals surface area contributed by atoms with Crippen LogP contribution in [0.3, 0.4) is 0 Å². The van der Waals surface area contributed by atoms with Crippen molar-refractivity contribution in [2.45, 2.75) is 25.9 Å². The number of nitrogens with zero attached hydrogens (tertiary/aromatic N) is 1. The highest BCUT2D eigenvalue weighted by molar-refractivity contribution is 5.90. The van der Waals surface area contributed by atoms with Crippen molar-refractivity contribution in [3.05, 3.63) is 30.3 Å². The normalized spacial score (nSPS) is 12.1. The third-order valence-corrected chi connectivity index (χ3v) is 2.29. The van der Waals surface area contributed by atoms with E-state index in [1.807, 2.05) is 6.92 Å². The van der Waals surface area contributed by atoms with E-state index in [-0.39, 0.29) is 6.54 Å². The van der Waals surface area contributed by atoms with E-state index in [1.54, 1.807) is 24.3 Å². The Morgan fingerprint density at radius 3 is 2.69 bits per heavy atom. The smallest absolute Gasteiger partial charge is 0.319 e. The van der Waals surface area contributed by atoms with Crippen LogP contribution >= 0.6 is 0 Å². The molecule has 1 unspecified atom stereocenters. The lowest BCUT2D eigenvalue weighted by molar-refractivity contribution is 0.168. The molecule has 4 heteroatoms. The van der Waals surface area contributed by atoms with E-state index in [0.29, 0.717) is 12.1 Å². The lowest BCUT2D eigenvalue weighted by Gasteiger charge is -2.23. The number of amides is 2. The number of primary amides is 1. The van der Waals surface area contributed by atoms with Gasteiger partial charge in [-0.05, 0) is 24.6 Å². The van der Waals surface area contributed by atoms with Crippen LogP contribution < -0.4 is 10.6 Å². The second-order valence-corrected chi connectivity index (χ2v) is 3.65. The van der Waals surface area contributed by atoms with Crippen LogP contribution in [0.15, 0.2) is 24.3 Å². The standard InChI is InChI=1S/C12H17N2O2/c1-2-6-11(15)9-14(12(13)16)10-7-4-3-5-8-10/h4-5,7-8,11,15H,2,6,9H2,1H3,(H2,13,16). The van der Waals surface area contributed by atoms with E-state index < -0.39 is 12.1 Å². The molecule has 0 spiro atoms. The quantitative estimate of drug-likeness (QED) is 0.791. The highest BCUT2D eigenvalue weighted by Gasteiger charge is 2.15. The number of carbonyl (C=O) groups is 1. The van der Waals surface area contributed by atoms with E-state index in [1.165, 1.54) is 4.90 Å². The first-order valence-corrected chi connectivity index (χ1v) is 5.36. The molecule has 3 N–H and O–H groups in total. The van der Waals surface area contributed by atoms with Crippen molar-refractivity contribution in [1.29, 1.82) is 0 Å². The van der Waals surface area contributed by atoms with Gasteiger partial charge in [0.2, 0.25) is 0 Å². The SMILES string of the molecule is CCCC(O)CN(C(N)=O)c1cc[c]cc1. The molecule has 1 rings (SSSR count). The van der Waals surface area contributed by atoms with Gasteiger partial charge < -0.3 is 10.8 Å². The van der Waals surface area contributed by atoms with Crippen molar-refractivity contribution in [2.75, 3.05) is 11.4 Å². The fourth-order valence-electron chi connectivity index (χ4n) is 1.52. The molecular weight excluding hydrogens is 204 g/mol. The van der Waals surface area contributed by atoms with Crippen LogP contribution in [0.1, 0.15) is 19.8 Å². The molecule has 0 aliphatic heterocycles. The van der Waals surface area contributed by atoms with Gasteiger partial charge >= 0.3 is 6.03 Å². The topological polar surface area (TPSA) is 66.6 Å². The van der Waals surface area contributed by atoms with Crippen molar-refractivity contribution in [2.24, 2.45) is 5.73 Å². The number of nitrogens with two attached hydrogens (primary N) is 1. The average Bonchev–Trinajstić information content (AvgIpc) is 2.27. The Bertz CT molecular complexity index is 327. The van der Waals surface area contributed by atoms with Crippen LogP contribution in [0.25, 0.3) is 0 Å². The Morgan fingerprint density at radius 2 is 2.19 bits per heavy atom. The zero-order valence-electron chi connectivity index (χ0n) is 9.39. The van der Waals surface area contributed by atoms with Gasteiger partial charge in [0, 0.05) is 5.69 Å². The Hall–Kier alpha value is -1.55. The molecular formula is C12H17N2O2. The molecule has 1 atom stereocenters. The van der Waals surface area contributed by atoms with Gasteiger partial charge in [-0.1, -0.05) is 25.5 Å². The fourth-order valence-corrected chi connectivity index (χ4v) is 1.52. The first-order valence-electron chi connectivity index (χ1n) is 5.36. The highest BCUT2D eigenvalue weighted by Crippen LogP contribution is 2.14. The molecule has 16 heavy (non-hydrogen) atoms. The molecule has 0 aromatic heterocycles. The zero-order chi connectivity index (χ0) is 12.0. The van der Waals surface area contributed by atoms with Crippen LogP contribution in [0.5, 0.6) is 0 Å². The van der Waals surface area contributed by atoms with Gasteiger partial charge in [-0.25, -0.2) is 4.79 Å². The number of aliphatic hydroxyl groups excluding tert-OH is 1. The third-order valence-electron chi connectivity index (χ3n) is 2.29. The number of urea groups is 1. The summed E-state index contributed by atoms with van der Waals surface area (Å²) in [6.07, 6.45) is 0.987. The average molecular weight is 221 g/mol. The minimum atomic E-state index is -0.554. The van der Waals surface area contributed by atoms with Crippen LogP contribution in [0, 0.1) is 6.07 Å². The van der Waals surface area contributed by atoms with Crippen LogP contribution in [0.2, 0.25) is 0 Å². The Labute approximate surface area is 95.7 Å². The lowest BCUT2D eigenvalue weighted by Crippen LogP contribution is -2.41. The van der Waals surface area contributed by atoms with Crippen LogP contribution in [-0.2, 0) is 0 Å². The van der Waals surface area contributed by atoms with Gasteiger partial charge in [0.05, 0.1) is 12.6 Å². The van der Waals surface area contributed by atoms with E-state index in [0.717, 1.165) is 6.42 Å². The second kappa shape index (κ2) is 6.12. The maximum atomic E-state index is 11.3. The van der Waals surface area contributed by atoms with Crippen molar-refractivity contribution >= 4 is 11.7 Å². The maximum absolute atomic E-state index is 11.3. The summed E-state index contributed by atoms with van der Waals surface area (Å²) in [6.45, 7) is 2.21. The second-order valence-electron chi connectivity index (χ2n) is 3.65. The van der Waals surface area contributed by atoms with E-state index in [9.17, 15) is 9.90 Å². The zero-order valence-corrected chi connectivity index (χ0v) is 9.39. The fraction of sp³-hybridized carbons (Fsp3) is 0.417. The van der Waals surface area contributed by atoms with Crippen LogP contribution in [0.4, 0.5) is 10.5 Å². The van der Waals surface area contributed by atoms with Gasteiger partial charge in [0.25, 0.3) is 0 Å². The molecule has 87 valence electrons. The molecule has 1 aromatic carbocycles. The first kappa shape index (κ1) is 12.5. The number of carbonyl (C=O) groups excluding carboxylic acids is 1. The summed E-state index contributed by atoms with van der Waals surface area (Å²) < 4.78 is 0. The predicted octanol–water partition coefficient (Wildman–Crippen LogP) is 1.53. The summed E-state index contributed by atoms with van der Waals surface area (Å²) >= 11 is 0. The van der Waals surface area contributed by atoms with Crippen LogP contribution in [-0.4, -0.2) is 23.8 Å². The number of aliphatic hydroxyl groups is 1. The van der Waals surface area contributed by atoms with Crippen molar-refractivity contribution < 1.29 is 9.90 Å². The summed E-state index contributed by atoms with van der Waals surface area (Å²) in [5.41, 5.74) is 5.96. The number of anilines is 1. The van der Waals surface area contributed by atoms with E-state index in [4.69, 9.17) is 5.73 Å². The molecule has 1 radical (unpaired) electrons. The largest absolute Gasteiger partial charge is 0.391 e. The molecule has 0 fully saturated rings. The summed E-state index contributed by atoms with van der Waals surface area (Å²) in [4.78, 5) is 12.6. The monoisotopic (exact) mass is 221 g/mol. The molecule has 2 amide bonds. The molecule has 0 saturated heterocycles. The maximum Gasteiger partial charge on any atom is 0.319 e. The van der Waals surface area contributed by atoms with Gasteiger partial charge in [-0.15, -0.1) is 0 Å². The minimum absolute atomic E-state index is 0.229. The van der Waals surface area contributed by atoms with Crippen molar-refractivity contribution in [1.82, 2.24) is 0 Å².